The molecule has 0 aromatic carbocycles. The SMILES string of the molecule is O=C(CCNC(=O)c1ccco1)NCC(c1ccco1)N1CCCC1. The Morgan fingerprint density at radius 1 is 1.08 bits per heavy atom. The number of likely N-dealkylation sites (tertiary alicyclic amines) is 1. The second-order valence-electron chi connectivity index (χ2n) is 6.06. The molecule has 7 nitrogen and oxygen atoms in total. The van der Waals surface area contributed by atoms with Gasteiger partial charge in [0.15, 0.2) is 5.76 Å². The molecule has 0 radical (unpaired) electrons. The van der Waals surface area contributed by atoms with Crippen LogP contribution in [0.5, 0.6) is 0 Å². The van der Waals surface area contributed by atoms with Crippen molar-refractivity contribution in [3.05, 3.63) is 48.3 Å². The molecule has 1 aliphatic heterocycles. The highest BCUT2D eigenvalue weighted by molar-refractivity contribution is 5.91. The monoisotopic (exact) mass is 345 g/mol. The van der Waals surface area contributed by atoms with Gasteiger partial charge in [0.1, 0.15) is 5.76 Å². The van der Waals surface area contributed by atoms with Gasteiger partial charge in [-0.15, -0.1) is 0 Å². The van der Waals surface area contributed by atoms with Crippen molar-refractivity contribution in [2.24, 2.45) is 0 Å². The van der Waals surface area contributed by atoms with E-state index in [1.807, 2.05) is 12.1 Å². The summed E-state index contributed by atoms with van der Waals surface area (Å²) >= 11 is 0. The van der Waals surface area contributed by atoms with E-state index < -0.39 is 0 Å². The lowest BCUT2D eigenvalue weighted by Crippen LogP contribution is -2.37. The van der Waals surface area contributed by atoms with Gasteiger partial charge in [-0.1, -0.05) is 0 Å². The summed E-state index contributed by atoms with van der Waals surface area (Å²) in [6, 6.07) is 7.09. The van der Waals surface area contributed by atoms with Crippen LogP contribution in [0.3, 0.4) is 0 Å². The summed E-state index contributed by atoms with van der Waals surface area (Å²) in [7, 11) is 0. The molecule has 1 atom stereocenters. The molecule has 2 amide bonds. The summed E-state index contributed by atoms with van der Waals surface area (Å²) in [5, 5.41) is 5.60. The summed E-state index contributed by atoms with van der Waals surface area (Å²) in [6.07, 6.45) is 5.66. The molecule has 2 N–H and O–H groups in total. The number of amides is 2. The summed E-state index contributed by atoms with van der Waals surface area (Å²) in [5.74, 6) is 0.694. The number of hydrogen-bond donors (Lipinski definition) is 2. The van der Waals surface area contributed by atoms with E-state index in [0.29, 0.717) is 6.54 Å². The van der Waals surface area contributed by atoms with Gasteiger partial charge < -0.3 is 19.5 Å². The van der Waals surface area contributed by atoms with E-state index in [2.05, 4.69) is 15.5 Å². The van der Waals surface area contributed by atoms with Crippen molar-refractivity contribution in [1.82, 2.24) is 15.5 Å². The summed E-state index contributed by atoms with van der Waals surface area (Å²) in [5.41, 5.74) is 0. The van der Waals surface area contributed by atoms with Crippen LogP contribution in [0.15, 0.2) is 45.6 Å². The van der Waals surface area contributed by atoms with Crippen molar-refractivity contribution >= 4 is 11.8 Å². The molecule has 1 saturated heterocycles. The molecule has 134 valence electrons. The largest absolute Gasteiger partial charge is 0.468 e. The molecule has 0 saturated carbocycles. The highest BCUT2D eigenvalue weighted by Gasteiger charge is 2.25. The predicted molar refractivity (Wildman–Crippen MR) is 90.9 cm³/mol. The van der Waals surface area contributed by atoms with Crippen LogP contribution in [0.1, 0.15) is 41.6 Å². The minimum absolute atomic E-state index is 0.0548. The van der Waals surface area contributed by atoms with E-state index in [1.165, 1.54) is 19.1 Å². The summed E-state index contributed by atoms with van der Waals surface area (Å²) in [4.78, 5) is 26.1. The number of furan rings is 2. The van der Waals surface area contributed by atoms with Crippen LogP contribution >= 0.6 is 0 Å². The van der Waals surface area contributed by atoms with Gasteiger partial charge in [-0.05, 0) is 50.2 Å². The fourth-order valence-corrected chi connectivity index (χ4v) is 3.03. The molecule has 3 rings (SSSR count). The first-order valence-corrected chi connectivity index (χ1v) is 8.60. The Bertz CT molecular complexity index is 661. The maximum absolute atomic E-state index is 12.1. The van der Waals surface area contributed by atoms with Gasteiger partial charge in [-0.3, -0.25) is 14.5 Å². The second kappa shape index (κ2) is 8.53. The Morgan fingerprint density at radius 2 is 1.84 bits per heavy atom. The molecule has 0 aliphatic carbocycles. The lowest BCUT2D eigenvalue weighted by atomic mass is 10.2. The maximum Gasteiger partial charge on any atom is 0.286 e. The van der Waals surface area contributed by atoms with Crippen molar-refractivity contribution in [3.63, 3.8) is 0 Å². The molecule has 25 heavy (non-hydrogen) atoms. The predicted octanol–water partition coefficient (Wildman–Crippen LogP) is 1.95. The fraction of sp³-hybridized carbons (Fsp3) is 0.444. The third kappa shape index (κ3) is 4.73. The Balaban J connectivity index is 1.43. The zero-order valence-corrected chi connectivity index (χ0v) is 14.1. The zero-order chi connectivity index (χ0) is 17.5. The average Bonchev–Trinajstić information content (AvgIpc) is 3.37. The van der Waals surface area contributed by atoms with E-state index in [0.717, 1.165) is 18.8 Å². The van der Waals surface area contributed by atoms with E-state index in [-0.39, 0.29) is 36.6 Å². The number of carbonyl (C=O) groups is 2. The molecule has 0 bridgehead atoms. The lowest BCUT2D eigenvalue weighted by Gasteiger charge is -2.26. The molecule has 2 aromatic rings. The Kier molecular flexibility index (Phi) is 5.90. The van der Waals surface area contributed by atoms with Gasteiger partial charge >= 0.3 is 0 Å². The van der Waals surface area contributed by atoms with E-state index in [4.69, 9.17) is 8.83 Å². The minimum Gasteiger partial charge on any atom is -0.468 e. The number of carbonyl (C=O) groups excluding carboxylic acids is 2. The molecule has 0 spiro atoms. The van der Waals surface area contributed by atoms with Gasteiger partial charge in [-0.2, -0.15) is 0 Å². The van der Waals surface area contributed by atoms with Crippen molar-refractivity contribution in [2.75, 3.05) is 26.2 Å². The van der Waals surface area contributed by atoms with Crippen molar-refractivity contribution in [2.45, 2.75) is 25.3 Å². The van der Waals surface area contributed by atoms with E-state index in [1.54, 1.807) is 18.4 Å². The molecule has 1 aliphatic rings. The van der Waals surface area contributed by atoms with Gasteiger partial charge in [-0.25, -0.2) is 0 Å². The molecular formula is C18H23N3O4. The van der Waals surface area contributed by atoms with Crippen LogP contribution in [0, 0.1) is 0 Å². The number of nitrogens with one attached hydrogen (secondary N) is 2. The van der Waals surface area contributed by atoms with Gasteiger partial charge in [0.2, 0.25) is 5.91 Å². The smallest absolute Gasteiger partial charge is 0.286 e. The third-order valence-corrected chi connectivity index (χ3v) is 4.33. The van der Waals surface area contributed by atoms with Crippen molar-refractivity contribution in [3.8, 4) is 0 Å². The van der Waals surface area contributed by atoms with Crippen LogP contribution in [-0.2, 0) is 4.79 Å². The van der Waals surface area contributed by atoms with Crippen LogP contribution in [0.25, 0.3) is 0 Å². The first kappa shape index (κ1) is 17.3. The minimum atomic E-state index is -0.316. The van der Waals surface area contributed by atoms with Gasteiger partial charge in [0.05, 0.1) is 18.6 Å². The summed E-state index contributed by atoms with van der Waals surface area (Å²) in [6.45, 7) is 2.79. The normalized spacial score (nSPS) is 15.8. The van der Waals surface area contributed by atoms with E-state index >= 15 is 0 Å². The topological polar surface area (TPSA) is 87.7 Å². The Morgan fingerprint density at radius 3 is 2.52 bits per heavy atom. The number of nitrogens with zero attached hydrogens (tertiary/aromatic N) is 1. The molecule has 2 aromatic heterocycles. The van der Waals surface area contributed by atoms with Crippen molar-refractivity contribution in [1.29, 1.82) is 0 Å². The van der Waals surface area contributed by atoms with Gasteiger partial charge in [0, 0.05) is 19.5 Å². The summed E-state index contributed by atoms with van der Waals surface area (Å²) < 4.78 is 10.5. The first-order valence-electron chi connectivity index (χ1n) is 8.60. The highest BCUT2D eigenvalue weighted by atomic mass is 16.3. The average molecular weight is 345 g/mol. The van der Waals surface area contributed by atoms with E-state index in [9.17, 15) is 9.59 Å². The molecular weight excluding hydrogens is 322 g/mol. The highest BCUT2D eigenvalue weighted by Crippen LogP contribution is 2.24. The number of hydrogen-bond acceptors (Lipinski definition) is 5. The van der Waals surface area contributed by atoms with Crippen LogP contribution in [0.2, 0.25) is 0 Å². The van der Waals surface area contributed by atoms with Crippen LogP contribution < -0.4 is 10.6 Å². The van der Waals surface area contributed by atoms with Gasteiger partial charge in [0.25, 0.3) is 5.91 Å². The quantitative estimate of drug-likeness (QED) is 0.763. The Hall–Kier alpha value is -2.54. The zero-order valence-electron chi connectivity index (χ0n) is 14.1. The molecule has 1 fully saturated rings. The second-order valence-corrected chi connectivity index (χ2v) is 6.06. The van der Waals surface area contributed by atoms with Crippen LogP contribution in [-0.4, -0.2) is 42.9 Å². The fourth-order valence-electron chi connectivity index (χ4n) is 3.03. The molecule has 7 heteroatoms. The third-order valence-electron chi connectivity index (χ3n) is 4.33. The maximum atomic E-state index is 12.1. The standard InChI is InChI=1S/C18H23N3O4/c22-17(7-8-19-18(23)16-6-4-12-25-16)20-13-14(15-5-3-11-24-15)21-9-1-2-10-21/h3-6,11-12,14H,1-2,7-10,13H2,(H,19,23)(H,20,22). The Labute approximate surface area is 146 Å². The molecule has 3 heterocycles. The lowest BCUT2D eigenvalue weighted by molar-refractivity contribution is -0.121. The number of rotatable bonds is 8. The van der Waals surface area contributed by atoms with Crippen LogP contribution in [0.4, 0.5) is 0 Å². The first-order chi connectivity index (χ1) is 12.2. The molecule has 1 unspecified atom stereocenters. The van der Waals surface area contributed by atoms with Crippen molar-refractivity contribution < 1.29 is 18.4 Å².